The molecule has 0 unspecified atom stereocenters. The number of hydrogen-bond donors (Lipinski definition) is 3. The number of pyridine rings is 1. The van der Waals surface area contributed by atoms with Gasteiger partial charge in [0, 0.05) is 16.8 Å². The molecule has 0 spiro atoms. The number of rotatable bonds is 2. The maximum atomic E-state index is 12.1. The summed E-state index contributed by atoms with van der Waals surface area (Å²) in [5.74, 6) is 5.07. The van der Waals surface area contributed by atoms with Crippen LogP contribution in [0.2, 0.25) is 5.02 Å². The van der Waals surface area contributed by atoms with Crippen molar-refractivity contribution in [2.75, 3.05) is 11.9 Å². The van der Waals surface area contributed by atoms with Crippen molar-refractivity contribution in [2.45, 2.75) is 0 Å². The van der Waals surface area contributed by atoms with Crippen LogP contribution in [0.1, 0.15) is 15.9 Å². The summed E-state index contributed by atoms with van der Waals surface area (Å²) in [6, 6.07) is 6.28. The lowest BCUT2D eigenvalue weighted by Crippen LogP contribution is -2.13. The molecule has 106 valence electrons. The van der Waals surface area contributed by atoms with Crippen molar-refractivity contribution in [3.8, 4) is 17.6 Å². The average molecular weight is 302 g/mol. The number of benzene rings is 1. The van der Waals surface area contributed by atoms with Crippen LogP contribution in [-0.4, -0.2) is 22.5 Å². The van der Waals surface area contributed by atoms with Gasteiger partial charge in [0.05, 0.1) is 24.0 Å². The summed E-state index contributed by atoms with van der Waals surface area (Å²) in [6.45, 7) is 0.215. The first-order valence-corrected chi connectivity index (χ1v) is 6.42. The molecule has 5 nitrogen and oxygen atoms in total. The van der Waals surface area contributed by atoms with E-state index in [-0.39, 0.29) is 17.9 Å². The van der Waals surface area contributed by atoms with Crippen molar-refractivity contribution >= 4 is 23.2 Å². The molecule has 0 saturated heterocycles. The molecule has 2 aromatic rings. The van der Waals surface area contributed by atoms with Crippen LogP contribution < -0.4 is 11.1 Å². The molecule has 0 fully saturated rings. The van der Waals surface area contributed by atoms with Crippen LogP contribution in [0.5, 0.6) is 5.75 Å². The van der Waals surface area contributed by atoms with Crippen LogP contribution in [0.3, 0.4) is 0 Å². The maximum absolute atomic E-state index is 12.1. The van der Waals surface area contributed by atoms with E-state index in [1.54, 1.807) is 18.2 Å². The van der Waals surface area contributed by atoms with Crippen molar-refractivity contribution in [1.82, 2.24) is 4.98 Å². The second-order valence-electron chi connectivity index (χ2n) is 4.08. The topological polar surface area (TPSA) is 88.2 Å². The van der Waals surface area contributed by atoms with Gasteiger partial charge >= 0.3 is 0 Å². The highest BCUT2D eigenvalue weighted by atomic mass is 35.5. The van der Waals surface area contributed by atoms with Gasteiger partial charge in [-0.2, -0.15) is 0 Å². The third-order valence-corrected chi connectivity index (χ3v) is 2.78. The molecule has 1 heterocycles. The smallest absolute Gasteiger partial charge is 0.257 e. The second kappa shape index (κ2) is 6.75. The first-order valence-electron chi connectivity index (χ1n) is 6.04. The number of anilines is 1. The molecule has 0 aliphatic rings. The van der Waals surface area contributed by atoms with Gasteiger partial charge in [0.25, 0.3) is 5.91 Å². The van der Waals surface area contributed by atoms with Crippen LogP contribution in [0.25, 0.3) is 0 Å². The molecule has 0 atom stereocenters. The Balaban J connectivity index is 2.30. The zero-order valence-corrected chi connectivity index (χ0v) is 11.7. The van der Waals surface area contributed by atoms with Gasteiger partial charge in [-0.15, -0.1) is 0 Å². The van der Waals surface area contributed by atoms with E-state index in [4.69, 9.17) is 17.3 Å². The van der Waals surface area contributed by atoms with Gasteiger partial charge in [0.15, 0.2) is 0 Å². The fourth-order valence-electron chi connectivity index (χ4n) is 1.62. The number of aromatic hydroxyl groups is 1. The normalized spacial score (nSPS) is 9.62. The Morgan fingerprint density at radius 1 is 1.38 bits per heavy atom. The zero-order chi connectivity index (χ0) is 15.2. The molecule has 0 saturated carbocycles. The first kappa shape index (κ1) is 14.9. The summed E-state index contributed by atoms with van der Waals surface area (Å²) in [7, 11) is 0. The number of carbonyl (C=O) groups excluding carboxylic acids is 1. The van der Waals surface area contributed by atoms with Gasteiger partial charge < -0.3 is 16.2 Å². The van der Waals surface area contributed by atoms with E-state index in [0.29, 0.717) is 16.3 Å². The predicted molar refractivity (Wildman–Crippen MR) is 81.2 cm³/mol. The number of aromatic nitrogens is 1. The van der Waals surface area contributed by atoms with E-state index >= 15 is 0 Å². The lowest BCUT2D eigenvalue weighted by atomic mass is 10.1. The third-order valence-electron chi connectivity index (χ3n) is 2.54. The third kappa shape index (κ3) is 3.96. The first-order chi connectivity index (χ1) is 10.1. The lowest BCUT2D eigenvalue weighted by Gasteiger charge is -2.08. The highest BCUT2D eigenvalue weighted by molar-refractivity contribution is 6.31. The fraction of sp³-hybridized carbons (Fsp3) is 0.0667. The Morgan fingerprint density at radius 2 is 2.19 bits per heavy atom. The lowest BCUT2D eigenvalue weighted by molar-refractivity contribution is 0.102. The number of amides is 1. The Bertz CT molecular complexity index is 735. The maximum Gasteiger partial charge on any atom is 0.257 e. The van der Waals surface area contributed by atoms with E-state index in [2.05, 4.69) is 22.1 Å². The number of halogens is 1. The molecule has 1 aromatic heterocycles. The summed E-state index contributed by atoms with van der Waals surface area (Å²) in [5.41, 5.74) is 6.64. The second-order valence-corrected chi connectivity index (χ2v) is 4.52. The highest BCUT2D eigenvalue weighted by Crippen LogP contribution is 2.21. The number of nitrogens with zero attached hydrogens (tertiary/aromatic N) is 1. The van der Waals surface area contributed by atoms with Crippen LogP contribution >= 0.6 is 11.6 Å². The Morgan fingerprint density at radius 3 is 2.90 bits per heavy atom. The molecule has 21 heavy (non-hydrogen) atoms. The Kier molecular flexibility index (Phi) is 4.77. The predicted octanol–water partition coefficient (Wildman–Crippen LogP) is 2.00. The molecule has 1 aromatic carbocycles. The van der Waals surface area contributed by atoms with E-state index in [1.165, 1.54) is 18.5 Å². The van der Waals surface area contributed by atoms with Crippen LogP contribution in [-0.2, 0) is 0 Å². The van der Waals surface area contributed by atoms with Crippen molar-refractivity contribution in [1.29, 1.82) is 0 Å². The number of nitrogens with one attached hydrogen (secondary N) is 1. The van der Waals surface area contributed by atoms with E-state index in [1.807, 2.05) is 0 Å². The largest absolute Gasteiger partial charge is 0.506 e. The van der Waals surface area contributed by atoms with Gasteiger partial charge in [-0.1, -0.05) is 23.4 Å². The number of carbonyl (C=O) groups is 1. The summed E-state index contributed by atoms with van der Waals surface area (Å²) >= 11 is 5.93. The quantitative estimate of drug-likeness (QED) is 0.740. The minimum atomic E-state index is -0.420. The molecule has 4 N–H and O–H groups in total. The molecule has 0 radical (unpaired) electrons. The van der Waals surface area contributed by atoms with E-state index in [9.17, 15) is 9.90 Å². The van der Waals surface area contributed by atoms with Gasteiger partial charge in [-0.25, -0.2) is 0 Å². The molecule has 6 heteroatoms. The molecule has 1 amide bonds. The highest BCUT2D eigenvalue weighted by Gasteiger charge is 2.10. The molecular formula is C15H12ClN3O2. The van der Waals surface area contributed by atoms with Gasteiger partial charge in [0.1, 0.15) is 5.75 Å². The summed E-state index contributed by atoms with van der Waals surface area (Å²) in [4.78, 5) is 15.9. The number of nitrogens with two attached hydrogens (primary N) is 1. The van der Waals surface area contributed by atoms with Crippen molar-refractivity contribution < 1.29 is 9.90 Å². The molecular weight excluding hydrogens is 290 g/mol. The van der Waals surface area contributed by atoms with E-state index in [0.717, 1.165) is 0 Å². The van der Waals surface area contributed by atoms with Gasteiger partial charge in [-0.3, -0.25) is 9.78 Å². The summed E-state index contributed by atoms with van der Waals surface area (Å²) in [5, 5.41) is 12.5. The Labute approximate surface area is 126 Å². The van der Waals surface area contributed by atoms with Crippen molar-refractivity contribution in [3.63, 3.8) is 0 Å². The van der Waals surface area contributed by atoms with Gasteiger partial charge in [-0.05, 0) is 24.3 Å². The van der Waals surface area contributed by atoms with Gasteiger partial charge in [0.2, 0.25) is 0 Å². The monoisotopic (exact) mass is 301 g/mol. The fourth-order valence-corrected chi connectivity index (χ4v) is 1.79. The summed E-state index contributed by atoms with van der Waals surface area (Å²) in [6.07, 6.45) is 2.60. The SMILES string of the molecule is NCC#Cc1ccc(Cl)cc1NC(=O)c1cncc(O)c1. The molecule has 0 aliphatic carbocycles. The van der Waals surface area contributed by atoms with E-state index < -0.39 is 5.91 Å². The van der Waals surface area contributed by atoms with Crippen LogP contribution in [0.15, 0.2) is 36.7 Å². The molecule has 0 aliphatic heterocycles. The minimum absolute atomic E-state index is 0.0862. The number of hydrogen-bond acceptors (Lipinski definition) is 4. The van der Waals surface area contributed by atoms with Crippen molar-refractivity contribution in [2.24, 2.45) is 5.73 Å². The molecule has 0 bridgehead atoms. The minimum Gasteiger partial charge on any atom is -0.506 e. The standard InChI is InChI=1S/C15H12ClN3O2/c16-12-4-3-10(2-1-5-17)14(7-12)19-15(21)11-6-13(20)9-18-8-11/h3-4,6-9,20H,5,17H2,(H,19,21). The van der Waals surface area contributed by atoms with Crippen molar-refractivity contribution in [3.05, 3.63) is 52.8 Å². The average Bonchev–Trinajstić information content (AvgIpc) is 2.46. The van der Waals surface area contributed by atoms with Crippen LogP contribution in [0, 0.1) is 11.8 Å². The Hall–Kier alpha value is -2.55. The molecule has 2 rings (SSSR count). The summed E-state index contributed by atoms with van der Waals surface area (Å²) < 4.78 is 0. The van der Waals surface area contributed by atoms with Crippen LogP contribution in [0.4, 0.5) is 5.69 Å². The zero-order valence-electron chi connectivity index (χ0n) is 10.9.